The van der Waals surface area contributed by atoms with Crippen molar-refractivity contribution in [1.29, 1.82) is 0 Å². The highest BCUT2D eigenvalue weighted by Gasteiger charge is 2.17. The molecule has 0 bridgehead atoms. The van der Waals surface area contributed by atoms with Gasteiger partial charge in [-0.1, -0.05) is 6.07 Å². The van der Waals surface area contributed by atoms with Crippen LogP contribution in [0.15, 0.2) is 35.8 Å². The van der Waals surface area contributed by atoms with Gasteiger partial charge in [-0.3, -0.25) is 9.48 Å². The first-order valence-corrected chi connectivity index (χ1v) is 10.4. The van der Waals surface area contributed by atoms with Gasteiger partial charge in [0.05, 0.1) is 17.1 Å². The van der Waals surface area contributed by atoms with Crippen LogP contribution in [0.3, 0.4) is 0 Å². The third kappa shape index (κ3) is 4.44. The van der Waals surface area contributed by atoms with Crippen LogP contribution >= 0.6 is 11.3 Å². The highest BCUT2D eigenvalue weighted by atomic mass is 32.1. The molecule has 5 nitrogen and oxygen atoms in total. The number of thiophene rings is 1. The van der Waals surface area contributed by atoms with Crippen molar-refractivity contribution in [3.05, 3.63) is 68.7 Å². The van der Waals surface area contributed by atoms with Crippen molar-refractivity contribution in [1.82, 2.24) is 15.1 Å². The maximum absolute atomic E-state index is 12.6. The number of nitrogens with one attached hydrogen (secondary N) is 1. The Morgan fingerprint density at radius 2 is 2.04 bits per heavy atom. The van der Waals surface area contributed by atoms with Crippen molar-refractivity contribution in [2.45, 2.75) is 53.8 Å². The standard InChI is InChI=1S/C22H27N3O2S/c1-6-25-17(5)20(11-23-25)16(4)24-22(26)21-10-18(13-28-21)12-27-19-8-7-14(2)15(3)9-19/h7-11,13,16H,6,12H2,1-5H3,(H,24,26). The molecule has 0 aliphatic heterocycles. The first-order valence-electron chi connectivity index (χ1n) is 9.49. The lowest BCUT2D eigenvalue weighted by molar-refractivity contribution is 0.0944. The number of rotatable bonds is 7. The number of carbonyl (C=O) groups excluding carboxylic acids is 1. The second-order valence-corrected chi connectivity index (χ2v) is 7.96. The summed E-state index contributed by atoms with van der Waals surface area (Å²) in [4.78, 5) is 13.3. The Balaban J connectivity index is 1.60. The molecule has 0 radical (unpaired) electrons. The number of aromatic nitrogens is 2. The summed E-state index contributed by atoms with van der Waals surface area (Å²) in [6, 6.07) is 7.88. The summed E-state index contributed by atoms with van der Waals surface area (Å²) >= 11 is 1.44. The number of benzene rings is 1. The van der Waals surface area contributed by atoms with Crippen LogP contribution in [-0.2, 0) is 13.2 Å². The minimum atomic E-state index is -0.0925. The lowest BCUT2D eigenvalue weighted by Gasteiger charge is -2.13. The van der Waals surface area contributed by atoms with E-state index in [2.05, 4.69) is 37.3 Å². The third-order valence-electron chi connectivity index (χ3n) is 5.02. The van der Waals surface area contributed by atoms with E-state index in [-0.39, 0.29) is 11.9 Å². The van der Waals surface area contributed by atoms with E-state index >= 15 is 0 Å². The van der Waals surface area contributed by atoms with E-state index in [4.69, 9.17) is 4.74 Å². The van der Waals surface area contributed by atoms with E-state index in [1.807, 2.05) is 48.3 Å². The molecule has 0 spiro atoms. The van der Waals surface area contributed by atoms with Gasteiger partial charge in [0.1, 0.15) is 12.4 Å². The molecule has 1 unspecified atom stereocenters. The van der Waals surface area contributed by atoms with E-state index in [1.165, 1.54) is 22.5 Å². The molecule has 1 aromatic carbocycles. The van der Waals surface area contributed by atoms with Crippen LogP contribution in [0.1, 0.15) is 57.5 Å². The Kier molecular flexibility index (Phi) is 6.19. The lowest BCUT2D eigenvalue weighted by atomic mass is 10.1. The van der Waals surface area contributed by atoms with Crippen molar-refractivity contribution in [3.63, 3.8) is 0 Å². The summed E-state index contributed by atoms with van der Waals surface area (Å²) in [6.07, 6.45) is 1.83. The van der Waals surface area contributed by atoms with Crippen molar-refractivity contribution >= 4 is 17.2 Å². The molecule has 2 aromatic heterocycles. The van der Waals surface area contributed by atoms with Crippen LogP contribution in [0, 0.1) is 20.8 Å². The summed E-state index contributed by atoms with van der Waals surface area (Å²) < 4.78 is 7.80. The van der Waals surface area contributed by atoms with Crippen LogP contribution in [0.4, 0.5) is 0 Å². The van der Waals surface area contributed by atoms with Gasteiger partial charge in [0.2, 0.25) is 0 Å². The molecule has 0 aliphatic rings. The molecule has 3 rings (SSSR count). The van der Waals surface area contributed by atoms with Crippen LogP contribution in [0.5, 0.6) is 5.75 Å². The van der Waals surface area contributed by atoms with Gasteiger partial charge in [-0.2, -0.15) is 5.10 Å². The minimum absolute atomic E-state index is 0.0708. The van der Waals surface area contributed by atoms with Crippen molar-refractivity contribution in [2.24, 2.45) is 0 Å². The van der Waals surface area contributed by atoms with Crippen molar-refractivity contribution in [2.75, 3.05) is 0 Å². The second-order valence-electron chi connectivity index (χ2n) is 7.05. The maximum atomic E-state index is 12.6. The Bertz CT molecular complexity index is 974. The van der Waals surface area contributed by atoms with E-state index in [0.717, 1.165) is 29.1 Å². The van der Waals surface area contributed by atoms with Gasteiger partial charge in [0.25, 0.3) is 5.91 Å². The summed E-state index contributed by atoms with van der Waals surface area (Å²) in [7, 11) is 0. The molecular formula is C22H27N3O2S. The minimum Gasteiger partial charge on any atom is -0.489 e. The topological polar surface area (TPSA) is 56.2 Å². The number of amides is 1. The van der Waals surface area contributed by atoms with Crippen LogP contribution < -0.4 is 10.1 Å². The lowest BCUT2D eigenvalue weighted by Crippen LogP contribution is -2.26. The molecule has 0 aliphatic carbocycles. The molecule has 1 amide bonds. The largest absolute Gasteiger partial charge is 0.489 e. The summed E-state index contributed by atoms with van der Waals surface area (Å²) in [6.45, 7) is 11.5. The van der Waals surface area contributed by atoms with Gasteiger partial charge in [-0.05, 0) is 69.3 Å². The number of ether oxygens (including phenoxy) is 1. The van der Waals surface area contributed by atoms with Gasteiger partial charge in [-0.25, -0.2) is 0 Å². The fraction of sp³-hybridized carbons (Fsp3) is 0.364. The molecule has 0 saturated carbocycles. The van der Waals surface area contributed by atoms with Gasteiger partial charge >= 0.3 is 0 Å². The zero-order valence-corrected chi connectivity index (χ0v) is 17.9. The first-order chi connectivity index (χ1) is 13.4. The Morgan fingerprint density at radius 3 is 2.71 bits per heavy atom. The Hall–Kier alpha value is -2.60. The number of carbonyl (C=O) groups is 1. The maximum Gasteiger partial charge on any atom is 0.261 e. The summed E-state index contributed by atoms with van der Waals surface area (Å²) in [5.41, 5.74) is 5.58. The summed E-state index contributed by atoms with van der Waals surface area (Å²) in [5.74, 6) is 0.774. The molecular weight excluding hydrogens is 370 g/mol. The molecule has 148 valence electrons. The monoisotopic (exact) mass is 397 g/mol. The highest BCUT2D eigenvalue weighted by molar-refractivity contribution is 7.12. The average Bonchev–Trinajstić information content (AvgIpc) is 3.29. The van der Waals surface area contributed by atoms with Gasteiger partial charge in [-0.15, -0.1) is 11.3 Å². The number of hydrogen-bond acceptors (Lipinski definition) is 4. The summed E-state index contributed by atoms with van der Waals surface area (Å²) in [5, 5.41) is 9.40. The second kappa shape index (κ2) is 8.61. The van der Waals surface area contributed by atoms with E-state index in [9.17, 15) is 4.79 Å². The van der Waals surface area contributed by atoms with Gasteiger partial charge in [0.15, 0.2) is 0 Å². The molecule has 28 heavy (non-hydrogen) atoms. The van der Waals surface area contributed by atoms with Crippen LogP contribution in [0.2, 0.25) is 0 Å². The quantitative estimate of drug-likeness (QED) is 0.613. The molecule has 0 fully saturated rings. The fourth-order valence-electron chi connectivity index (χ4n) is 3.09. The molecule has 1 atom stereocenters. The number of nitrogens with zero attached hydrogens (tertiary/aromatic N) is 2. The van der Waals surface area contributed by atoms with Crippen LogP contribution in [0.25, 0.3) is 0 Å². The highest BCUT2D eigenvalue weighted by Crippen LogP contribution is 2.22. The number of hydrogen-bond donors (Lipinski definition) is 1. The third-order valence-corrected chi connectivity index (χ3v) is 5.99. The molecule has 0 saturated heterocycles. The van der Waals surface area contributed by atoms with E-state index in [1.54, 1.807) is 0 Å². The SMILES string of the molecule is CCn1ncc(C(C)NC(=O)c2cc(COc3ccc(C)c(C)c3)cs2)c1C. The van der Waals surface area contributed by atoms with Gasteiger partial charge in [0, 0.05) is 23.4 Å². The Labute approximate surface area is 170 Å². The molecule has 6 heteroatoms. The first kappa shape index (κ1) is 20.1. The normalized spacial score (nSPS) is 12.0. The zero-order valence-electron chi connectivity index (χ0n) is 17.1. The predicted octanol–water partition coefficient (Wildman–Crippen LogP) is 4.96. The predicted molar refractivity (Wildman–Crippen MR) is 113 cm³/mol. The van der Waals surface area contributed by atoms with E-state index < -0.39 is 0 Å². The van der Waals surface area contributed by atoms with Gasteiger partial charge < -0.3 is 10.1 Å². The average molecular weight is 398 g/mol. The fourth-order valence-corrected chi connectivity index (χ4v) is 3.89. The van der Waals surface area contributed by atoms with E-state index in [0.29, 0.717) is 11.5 Å². The van der Waals surface area contributed by atoms with Crippen molar-refractivity contribution < 1.29 is 9.53 Å². The van der Waals surface area contributed by atoms with Crippen molar-refractivity contribution in [3.8, 4) is 5.75 Å². The smallest absolute Gasteiger partial charge is 0.261 e. The van der Waals surface area contributed by atoms with Crippen LogP contribution in [-0.4, -0.2) is 15.7 Å². The Morgan fingerprint density at radius 1 is 1.25 bits per heavy atom. The molecule has 1 N–H and O–H groups in total. The molecule has 3 aromatic rings. The number of aryl methyl sites for hydroxylation is 3. The zero-order chi connectivity index (χ0) is 20.3. The molecule has 2 heterocycles.